The predicted molar refractivity (Wildman–Crippen MR) is 90.5 cm³/mol. The summed E-state index contributed by atoms with van der Waals surface area (Å²) in [6.07, 6.45) is 0. The average molecular weight is 382 g/mol. The summed E-state index contributed by atoms with van der Waals surface area (Å²) in [5.41, 5.74) is 2.05. The van der Waals surface area contributed by atoms with Crippen molar-refractivity contribution in [2.45, 2.75) is 19.1 Å². The fraction of sp³-hybridized carbons (Fsp3) is 0.294. The lowest BCUT2D eigenvalue weighted by Gasteiger charge is -2.28. The van der Waals surface area contributed by atoms with Crippen LogP contribution < -0.4 is 4.74 Å². The molecule has 0 aliphatic rings. The molecule has 1 unspecified atom stereocenters. The summed E-state index contributed by atoms with van der Waals surface area (Å²) in [6.45, 7) is 2.71. The van der Waals surface area contributed by atoms with E-state index < -0.39 is 0 Å². The number of methoxy groups -OCH3 is 1. The van der Waals surface area contributed by atoms with Gasteiger partial charge in [0, 0.05) is 4.43 Å². The largest absolute Gasteiger partial charge is 0.497 e. The molecule has 0 radical (unpaired) electrons. The first-order valence-electron chi connectivity index (χ1n) is 6.56. The normalized spacial score (nSPS) is 13.8. The minimum absolute atomic E-state index is 0.273. The Hall–Kier alpha value is -1.07. The van der Waals surface area contributed by atoms with E-state index in [0.29, 0.717) is 6.61 Å². The van der Waals surface area contributed by atoms with Crippen LogP contribution in [0, 0.1) is 0 Å². The van der Waals surface area contributed by atoms with Gasteiger partial charge < -0.3 is 9.47 Å². The summed E-state index contributed by atoms with van der Waals surface area (Å²) in [5, 5.41) is 0. The van der Waals surface area contributed by atoms with Crippen LogP contribution in [0.3, 0.4) is 0 Å². The van der Waals surface area contributed by atoms with E-state index in [-0.39, 0.29) is 5.60 Å². The van der Waals surface area contributed by atoms with Gasteiger partial charge in [0.25, 0.3) is 0 Å². The first-order chi connectivity index (χ1) is 9.68. The van der Waals surface area contributed by atoms with Crippen molar-refractivity contribution in [2.24, 2.45) is 0 Å². The number of ether oxygens (including phenoxy) is 2. The Bertz CT molecular complexity index is 542. The molecule has 0 amide bonds. The second-order valence-corrected chi connectivity index (χ2v) is 5.63. The van der Waals surface area contributed by atoms with Crippen LogP contribution in [0.5, 0.6) is 5.75 Å². The summed E-state index contributed by atoms with van der Waals surface area (Å²) in [7, 11) is 1.68. The molecule has 0 aliphatic heterocycles. The number of hydrogen-bond donors (Lipinski definition) is 0. The molecule has 0 saturated carbocycles. The molecule has 0 N–H and O–H groups in total. The molecular formula is C17H19IO2. The van der Waals surface area contributed by atoms with Gasteiger partial charge in [-0.05, 0) is 30.2 Å². The monoisotopic (exact) mass is 382 g/mol. The highest BCUT2D eigenvalue weighted by Crippen LogP contribution is 2.29. The molecule has 0 heterocycles. The summed E-state index contributed by atoms with van der Waals surface area (Å²) >= 11 is 2.38. The van der Waals surface area contributed by atoms with Crippen molar-refractivity contribution in [3.63, 3.8) is 0 Å². The zero-order valence-corrected chi connectivity index (χ0v) is 14.0. The van der Waals surface area contributed by atoms with Crippen molar-refractivity contribution >= 4 is 22.6 Å². The van der Waals surface area contributed by atoms with E-state index in [4.69, 9.17) is 9.47 Å². The van der Waals surface area contributed by atoms with Gasteiger partial charge in [-0.2, -0.15) is 0 Å². The van der Waals surface area contributed by atoms with Crippen molar-refractivity contribution < 1.29 is 9.47 Å². The van der Waals surface area contributed by atoms with Crippen molar-refractivity contribution in [1.82, 2.24) is 0 Å². The molecule has 2 aromatic rings. The van der Waals surface area contributed by atoms with Gasteiger partial charge in [0.05, 0.1) is 19.3 Å². The molecule has 0 aliphatic carbocycles. The molecule has 2 nitrogen and oxygen atoms in total. The van der Waals surface area contributed by atoms with E-state index in [1.165, 1.54) is 5.56 Å². The smallest absolute Gasteiger partial charge is 0.119 e. The number of alkyl halides is 1. The van der Waals surface area contributed by atoms with Gasteiger partial charge in [0.1, 0.15) is 5.75 Å². The average Bonchev–Trinajstić information content (AvgIpc) is 2.53. The van der Waals surface area contributed by atoms with Crippen LogP contribution in [0.25, 0.3) is 0 Å². The first kappa shape index (κ1) is 15.3. The Morgan fingerprint density at radius 2 is 1.80 bits per heavy atom. The Kier molecular flexibility index (Phi) is 5.43. The Labute approximate surface area is 134 Å². The summed E-state index contributed by atoms with van der Waals surface area (Å²) in [6, 6.07) is 18.4. The molecule has 1 atom stereocenters. The quantitative estimate of drug-likeness (QED) is 0.539. The Morgan fingerprint density at radius 3 is 2.45 bits per heavy atom. The maximum Gasteiger partial charge on any atom is 0.119 e. The van der Waals surface area contributed by atoms with E-state index >= 15 is 0 Å². The van der Waals surface area contributed by atoms with Crippen molar-refractivity contribution in [3.8, 4) is 5.75 Å². The third kappa shape index (κ3) is 3.73. The highest BCUT2D eigenvalue weighted by atomic mass is 127. The van der Waals surface area contributed by atoms with Gasteiger partial charge in [-0.25, -0.2) is 0 Å². The molecule has 106 valence electrons. The maximum atomic E-state index is 6.19. The maximum absolute atomic E-state index is 6.19. The van der Waals surface area contributed by atoms with Crippen LogP contribution in [0.15, 0.2) is 54.6 Å². The second-order valence-electron chi connectivity index (χ2n) is 4.87. The van der Waals surface area contributed by atoms with Crippen LogP contribution >= 0.6 is 22.6 Å². The second kappa shape index (κ2) is 7.09. The van der Waals surface area contributed by atoms with Gasteiger partial charge in [0.2, 0.25) is 0 Å². The van der Waals surface area contributed by atoms with E-state index in [1.807, 2.05) is 24.3 Å². The first-order valence-corrected chi connectivity index (χ1v) is 8.09. The summed E-state index contributed by atoms with van der Waals surface area (Å²) < 4.78 is 12.3. The fourth-order valence-corrected chi connectivity index (χ4v) is 2.66. The SMILES string of the molecule is COc1cccc(COC(C)(CI)c2ccccc2)c1. The molecule has 0 bridgehead atoms. The van der Waals surface area contributed by atoms with Crippen LogP contribution in [0.2, 0.25) is 0 Å². The lowest BCUT2D eigenvalue weighted by Crippen LogP contribution is -2.27. The summed E-state index contributed by atoms with van der Waals surface area (Å²) in [5.74, 6) is 0.863. The van der Waals surface area contributed by atoms with E-state index in [1.54, 1.807) is 7.11 Å². The molecule has 0 spiro atoms. The number of rotatable bonds is 6. The lowest BCUT2D eigenvalue weighted by molar-refractivity contribution is -0.0276. The zero-order valence-electron chi connectivity index (χ0n) is 11.8. The van der Waals surface area contributed by atoms with E-state index in [2.05, 4.69) is 59.8 Å². The van der Waals surface area contributed by atoms with Crippen molar-refractivity contribution in [1.29, 1.82) is 0 Å². The topological polar surface area (TPSA) is 18.5 Å². The van der Waals surface area contributed by atoms with Crippen LogP contribution in [-0.2, 0) is 16.9 Å². The molecule has 2 rings (SSSR count). The van der Waals surface area contributed by atoms with E-state index in [9.17, 15) is 0 Å². The van der Waals surface area contributed by atoms with Gasteiger partial charge >= 0.3 is 0 Å². The number of halogens is 1. The fourth-order valence-electron chi connectivity index (χ4n) is 1.99. The van der Waals surface area contributed by atoms with Crippen LogP contribution in [-0.4, -0.2) is 11.5 Å². The molecular weight excluding hydrogens is 363 g/mol. The van der Waals surface area contributed by atoms with Gasteiger partial charge in [0.15, 0.2) is 0 Å². The van der Waals surface area contributed by atoms with Crippen LogP contribution in [0.1, 0.15) is 18.1 Å². The zero-order chi connectivity index (χ0) is 14.4. The molecule has 20 heavy (non-hydrogen) atoms. The minimum atomic E-state index is -0.273. The molecule has 0 saturated heterocycles. The standard InChI is InChI=1S/C17H19IO2/c1-17(13-18,15-8-4-3-5-9-15)20-12-14-7-6-10-16(11-14)19-2/h3-11H,12-13H2,1-2H3. The number of hydrogen-bond acceptors (Lipinski definition) is 2. The predicted octanol–water partition coefficient (Wildman–Crippen LogP) is 4.56. The van der Waals surface area contributed by atoms with Crippen molar-refractivity contribution in [3.05, 3.63) is 65.7 Å². The van der Waals surface area contributed by atoms with Crippen molar-refractivity contribution in [2.75, 3.05) is 11.5 Å². The van der Waals surface area contributed by atoms with Gasteiger partial charge in [-0.3, -0.25) is 0 Å². The molecule has 0 aromatic heterocycles. The van der Waals surface area contributed by atoms with Crippen LogP contribution in [0.4, 0.5) is 0 Å². The van der Waals surface area contributed by atoms with Gasteiger partial charge in [-0.1, -0.05) is 65.1 Å². The van der Waals surface area contributed by atoms with Gasteiger partial charge in [-0.15, -0.1) is 0 Å². The highest BCUT2D eigenvalue weighted by molar-refractivity contribution is 14.1. The highest BCUT2D eigenvalue weighted by Gasteiger charge is 2.26. The molecule has 3 heteroatoms. The molecule has 2 aromatic carbocycles. The van der Waals surface area contributed by atoms with E-state index in [0.717, 1.165) is 15.7 Å². The number of benzene rings is 2. The molecule has 0 fully saturated rings. The minimum Gasteiger partial charge on any atom is -0.497 e. The third-order valence-electron chi connectivity index (χ3n) is 3.33. The lowest BCUT2D eigenvalue weighted by atomic mass is 9.98. The Morgan fingerprint density at radius 1 is 1.05 bits per heavy atom. The third-order valence-corrected chi connectivity index (χ3v) is 4.79. The Balaban J connectivity index is 2.10. The summed E-state index contributed by atoms with van der Waals surface area (Å²) in [4.78, 5) is 0.